The molecule has 2 amide bonds. The van der Waals surface area contributed by atoms with Crippen molar-refractivity contribution in [2.75, 3.05) is 38.2 Å². The lowest BCUT2D eigenvalue weighted by molar-refractivity contribution is -0.274. The third-order valence-electron chi connectivity index (χ3n) is 5.82. The molecule has 2 heterocycles. The minimum absolute atomic E-state index is 0.200. The number of aryl methyl sites for hydroxylation is 1. The van der Waals surface area contributed by atoms with Crippen molar-refractivity contribution in [3.05, 3.63) is 60.1 Å². The summed E-state index contributed by atoms with van der Waals surface area (Å²) in [4.78, 5) is 20.8. The topological polar surface area (TPSA) is 80.1 Å². The Labute approximate surface area is 206 Å². The summed E-state index contributed by atoms with van der Waals surface area (Å²) in [5.41, 5.74) is 2.47. The number of hydrogen-bond acceptors (Lipinski definition) is 6. The molecule has 1 saturated heterocycles. The summed E-state index contributed by atoms with van der Waals surface area (Å²) in [6, 6.07) is 11.1. The predicted molar refractivity (Wildman–Crippen MR) is 127 cm³/mol. The fraction of sp³-hybridized carbons (Fsp3) is 0.360. The van der Waals surface area contributed by atoms with Crippen molar-refractivity contribution < 1.29 is 31.9 Å². The number of nitrogens with zero attached hydrogens (tertiary/aromatic N) is 3. The number of alkyl halides is 3. The molecule has 0 atom stereocenters. The van der Waals surface area contributed by atoms with Crippen LogP contribution in [-0.4, -0.2) is 55.6 Å². The molecule has 1 aliphatic heterocycles. The molecule has 1 fully saturated rings. The van der Waals surface area contributed by atoms with Gasteiger partial charge in [0.05, 0.1) is 18.9 Å². The molecule has 0 unspecified atom stereocenters. The molecule has 36 heavy (non-hydrogen) atoms. The largest absolute Gasteiger partial charge is 0.573 e. The van der Waals surface area contributed by atoms with Crippen LogP contribution in [-0.2, 0) is 6.54 Å². The quantitative estimate of drug-likeness (QED) is 0.510. The second-order valence-electron chi connectivity index (χ2n) is 8.31. The number of aromatic nitrogens is 1. The molecule has 0 spiro atoms. The third kappa shape index (κ3) is 6.41. The average molecular weight is 505 g/mol. The molecule has 11 heteroatoms. The first-order chi connectivity index (χ1) is 17.2. The van der Waals surface area contributed by atoms with Gasteiger partial charge in [-0.05, 0) is 36.2 Å². The first kappa shape index (κ1) is 25.2. The summed E-state index contributed by atoms with van der Waals surface area (Å²) in [6.07, 6.45) is -2.29. The Hall–Kier alpha value is -3.89. The maximum absolute atomic E-state index is 12.7. The minimum atomic E-state index is -4.74. The Balaban J connectivity index is 1.33. The average Bonchev–Trinajstić information content (AvgIpc) is 3.13. The van der Waals surface area contributed by atoms with Gasteiger partial charge in [0.25, 0.3) is 0 Å². The van der Waals surface area contributed by atoms with Gasteiger partial charge in [-0.2, -0.15) is 0 Å². The fourth-order valence-electron chi connectivity index (χ4n) is 4.04. The number of oxazole rings is 1. The van der Waals surface area contributed by atoms with Gasteiger partial charge >= 0.3 is 12.4 Å². The highest BCUT2D eigenvalue weighted by molar-refractivity contribution is 5.74. The van der Waals surface area contributed by atoms with Crippen molar-refractivity contribution in [1.29, 1.82) is 0 Å². The summed E-state index contributed by atoms with van der Waals surface area (Å²) in [5, 5.41) is 2.83. The number of urea groups is 1. The van der Waals surface area contributed by atoms with Crippen LogP contribution in [0.4, 0.5) is 23.7 Å². The van der Waals surface area contributed by atoms with Crippen molar-refractivity contribution in [1.82, 2.24) is 15.2 Å². The van der Waals surface area contributed by atoms with Crippen molar-refractivity contribution in [3.63, 3.8) is 0 Å². The first-order valence-electron chi connectivity index (χ1n) is 11.4. The van der Waals surface area contributed by atoms with E-state index < -0.39 is 6.36 Å². The lowest BCUT2D eigenvalue weighted by Crippen LogP contribution is -2.41. The Morgan fingerprint density at radius 2 is 1.89 bits per heavy atom. The summed E-state index contributed by atoms with van der Waals surface area (Å²) >= 11 is 0. The van der Waals surface area contributed by atoms with Crippen LogP contribution in [0.25, 0.3) is 11.3 Å². The first-order valence-corrected chi connectivity index (χ1v) is 11.4. The van der Waals surface area contributed by atoms with Crippen LogP contribution in [0.1, 0.15) is 17.9 Å². The van der Waals surface area contributed by atoms with E-state index in [9.17, 15) is 18.0 Å². The van der Waals surface area contributed by atoms with E-state index in [-0.39, 0.29) is 18.3 Å². The van der Waals surface area contributed by atoms with E-state index in [1.54, 1.807) is 25.1 Å². The van der Waals surface area contributed by atoms with Gasteiger partial charge in [0.15, 0.2) is 11.7 Å². The number of ether oxygens (including phenoxy) is 2. The second-order valence-corrected chi connectivity index (χ2v) is 8.31. The number of methoxy groups -OCH3 is 1. The Bertz CT molecular complexity index is 1180. The number of benzene rings is 2. The highest BCUT2D eigenvalue weighted by Gasteiger charge is 2.31. The number of halogens is 3. The van der Waals surface area contributed by atoms with E-state index in [2.05, 4.69) is 19.9 Å². The van der Waals surface area contributed by atoms with E-state index in [1.165, 1.54) is 24.3 Å². The molecule has 1 aliphatic rings. The van der Waals surface area contributed by atoms with Crippen LogP contribution in [0.2, 0.25) is 0 Å². The fourth-order valence-corrected chi connectivity index (χ4v) is 4.04. The zero-order chi connectivity index (χ0) is 25.7. The molecule has 192 valence electrons. The van der Waals surface area contributed by atoms with Gasteiger partial charge < -0.3 is 29.0 Å². The number of nitrogens with one attached hydrogen (secondary N) is 1. The van der Waals surface area contributed by atoms with E-state index in [0.29, 0.717) is 42.6 Å². The highest BCUT2D eigenvalue weighted by atomic mass is 19.4. The molecular formula is C25H27F3N4O4. The van der Waals surface area contributed by atoms with Crippen LogP contribution >= 0.6 is 0 Å². The van der Waals surface area contributed by atoms with Gasteiger partial charge in [-0.15, -0.1) is 13.2 Å². The van der Waals surface area contributed by atoms with Crippen LogP contribution in [0.3, 0.4) is 0 Å². The van der Waals surface area contributed by atoms with Crippen molar-refractivity contribution in [2.45, 2.75) is 26.3 Å². The number of amides is 2. The van der Waals surface area contributed by atoms with Gasteiger partial charge in [-0.3, -0.25) is 0 Å². The molecule has 4 rings (SSSR count). The molecule has 3 aromatic rings. The second kappa shape index (κ2) is 10.8. The number of rotatable bonds is 6. The Kier molecular flexibility index (Phi) is 7.56. The number of carbonyl (C=O) groups excluding carboxylic acids is 1. The smallest absolute Gasteiger partial charge is 0.496 e. The molecule has 1 aromatic heterocycles. The van der Waals surface area contributed by atoms with Crippen LogP contribution in [0, 0.1) is 6.92 Å². The van der Waals surface area contributed by atoms with Gasteiger partial charge in [-0.1, -0.05) is 12.1 Å². The summed E-state index contributed by atoms with van der Waals surface area (Å²) in [6.45, 7) is 4.51. The van der Waals surface area contributed by atoms with Crippen molar-refractivity contribution in [3.8, 4) is 22.8 Å². The minimum Gasteiger partial charge on any atom is -0.496 e. The molecular weight excluding hydrogens is 477 g/mol. The van der Waals surface area contributed by atoms with Crippen LogP contribution in [0.5, 0.6) is 11.5 Å². The van der Waals surface area contributed by atoms with Gasteiger partial charge in [-0.25, -0.2) is 9.78 Å². The van der Waals surface area contributed by atoms with Crippen LogP contribution in [0.15, 0.2) is 53.1 Å². The predicted octanol–water partition coefficient (Wildman–Crippen LogP) is 4.98. The van der Waals surface area contributed by atoms with Gasteiger partial charge in [0.2, 0.25) is 0 Å². The summed E-state index contributed by atoms with van der Waals surface area (Å²) in [7, 11) is 1.61. The SMILES string of the molecule is COc1cc(N2CCCN(C(=O)NCc3ccc(OC(F)(F)F)cc3)CC2)ccc1-c1cnc(C)o1. The van der Waals surface area contributed by atoms with E-state index in [1.807, 2.05) is 18.2 Å². The Morgan fingerprint density at radius 3 is 2.56 bits per heavy atom. The molecule has 0 radical (unpaired) electrons. The number of anilines is 1. The zero-order valence-electron chi connectivity index (χ0n) is 20.0. The lowest BCUT2D eigenvalue weighted by atomic mass is 10.1. The van der Waals surface area contributed by atoms with Crippen LogP contribution < -0.4 is 19.7 Å². The third-order valence-corrected chi connectivity index (χ3v) is 5.82. The number of hydrogen-bond donors (Lipinski definition) is 1. The summed E-state index contributed by atoms with van der Waals surface area (Å²) < 4.78 is 52.0. The molecule has 2 aromatic carbocycles. The monoisotopic (exact) mass is 504 g/mol. The van der Waals surface area contributed by atoms with E-state index in [0.717, 1.165) is 24.2 Å². The lowest BCUT2D eigenvalue weighted by Gasteiger charge is -2.24. The normalized spacial score (nSPS) is 14.4. The summed E-state index contributed by atoms with van der Waals surface area (Å²) in [5.74, 6) is 1.59. The maximum atomic E-state index is 12.7. The molecule has 8 nitrogen and oxygen atoms in total. The standard InChI is InChI=1S/C25H27F3N4O4/c1-17-29-16-23(35-17)21-9-6-19(14-22(21)34-2)31-10-3-11-32(13-12-31)24(33)30-15-18-4-7-20(8-5-18)36-25(26,27)28/h4-9,14,16H,3,10-13,15H2,1-2H3,(H,30,33). The molecule has 0 aliphatic carbocycles. The molecule has 0 bridgehead atoms. The van der Waals surface area contributed by atoms with Gasteiger partial charge in [0, 0.05) is 51.4 Å². The maximum Gasteiger partial charge on any atom is 0.573 e. The van der Waals surface area contributed by atoms with E-state index in [4.69, 9.17) is 9.15 Å². The molecule has 0 saturated carbocycles. The highest BCUT2D eigenvalue weighted by Crippen LogP contribution is 2.34. The Morgan fingerprint density at radius 1 is 1.11 bits per heavy atom. The zero-order valence-corrected chi connectivity index (χ0v) is 20.0. The molecule has 1 N–H and O–H groups in total. The van der Waals surface area contributed by atoms with Crippen molar-refractivity contribution in [2.24, 2.45) is 0 Å². The van der Waals surface area contributed by atoms with E-state index >= 15 is 0 Å². The van der Waals surface area contributed by atoms with Gasteiger partial charge in [0.1, 0.15) is 11.5 Å². The van der Waals surface area contributed by atoms with Crippen molar-refractivity contribution >= 4 is 11.7 Å². The number of carbonyl (C=O) groups is 1.